The standard InChI is InChI=1S/C23H15Br2N3O2/c24-17-8-3-6-14(11-17)22(29)27-20-19-10-2-1-5-16(19)13-26-21(20)28-23(30)15-7-4-9-18(25)12-15/h1-13H,(H,27,29)(H,26,28,30). The summed E-state index contributed by atoms with van der Waals surface area (Å²) in [5.74, 6) is -0.341. The molecule has 3 aromatic carbocycles. The lowest BCUT2D eigenvalue weighted by molar-refractivity contribution is 0.101. The topological polar surface area (TPSA) is 71.1 Å². The van der Waals surface area contributed by atoms with Gasteiger partial charge in [0, 0.05) is 37.0 Å². The minimum absolute atomic E-state index is 0.280. The van der Waals surface area contributed by atoms with Crippen LogP contribution in [0.15, 0.2) is 87.9 Å². The molecule has 7 heteroatoms. The molecule has 0 aliphatic heterocycles. The minimum Gasteiger partial charge on any atom is -0.318 e. The number of pyridine rings is 1. The maximum absolute atomic E-state index is 12.9. The average molecular weight is 525 g/mol. The van der Waals surface area contributed by atoms with Gasteiger partial charge in [0.05, 0.1) is 5.69 Å². The Bertz CT molecular complexity index is 1270. The molecule has 4 aromatic rings. The third-order valence-electron chi connectivity index (χ3n) is 4.44. The summed E-state index contributed by atoms with van der Waals surface area (Å²) >= 11 is 6.75. The molecule has 0 aliphatic carbocycles. The van der Waals surface area contributed by atoms with E-state index >= 15 is 0 Å². The van der Waals surface area contributed by atoms with Crippen LogP contribution in [0.4, 0.5) is 11.5 Å². The van der Waals surface area contributed by atoms with E-state index in [1.165, 1.54) is 0 Å². The maximum atomic E-state index is 12.9. The first-order valence-electron chi connectivity index (χ1n) is 9.03. The summed E-state index contributed by atoms with van der Waals surface area (Å²) in [6, 6.07) is 21.7. The van der Waals surface area contributed by atoms with Crippen molar-refractivity contribution in [3.63, 3.8) is 0 Å². The number of rotatable bonds is 4. The number of carbonyl (C=O) groups excluding carboxylic acids is 2. The number of halogens is 2. The molecule has 1 aromatic heterocycles. The van der Waals surface area contributed by atoms with Crippen LogP contribution in [-0.2, 0) is 0 Å². The lowest BCUT2D eigenvalue weighted by Crippen LogP contribution is -2.18. The van der Waals surface area contributed by atoms with Crippen molar-refractivity contribution in [2.75, 3.05) is 10.6 Å². The lowest BCUT2D eigenvalue weighted by atomic mass is 10.1. The van der Waals surface area contributed by atoms with Gasteiger partial charge in [0.1, 0.15) is 0 Å². The summed E-state index contributed by atoms with van der Waals surface area (Å²) in [4.78, 5) is 30.0. The van der Waals surface area contributed by atoms with Crippen LogP contribution in [-0.4, -0.2) is 16.8 Å². The molecule has 0 fully saturated rings. The minimum atomic E-state index is -0.322. The first kappa shape index (κ1) is 20.3. The van der Waals surface area contributed by atoms with Crippen LogP contribution in [0.3, 0.4) is 0 Å². The van der Waals surface area contributed by atoms with Crippen LogP contribution in [0.2, 0.25) is 0 Å². The van der Waals surface area contributed by atoms with Crippen molar-refractivity contribution in [1.82, 2.24) is 4.98 Å². The molecule has 0 unspecified atom stereocenters. The molecule has 148 valence electrons. The monoisotopic (exact) mass is 523 g/mol. The van der Waals surface area contributed by atoms with Crippen molar-refractivity contribution < 1.29 is 9.59 Å². The zero-order chi connectivity index (χ0) is 21.1. The second-order valence-corrected chi connectivity index (χ2v) is 8.33. The van der Waals surface area contributed by atoms with Gasteiger partial charge in [-0.05, 0) is 36.4 Å². The maximum Gasteiger partial charge on any atom is 0.256 e. The summed E-state index contributed by atoms with van der Waals surface area (Å²) in [5, 5.41) is 7.37. The van der Waals surface area contributed by atoms with Gasteiger partial charge in [-0.15, -0.1) is 0 Å². The Morgan fingerprint density at radius 3 is 1.97 bits per heavy atom. The fraction of sp³-hybridized carbons (Fsp3) is 0. The highest BCUT2D eigenvalue weighted by molar-refractivity contribution is 9.10. The van der Waals surface area contributed by atoms with Gasteiger partial charge >= 0.3 is 0 Å². The number of anilines is 2. The molecule has 0 aliphatic rings. The molecule has 0 radical (unpaired) electrons. The quantitative estimate of drug-likeness (QED) is 0.330. The fourth-order valence-corrected chi connectivity index (χ4v) is 3.81. The molecular formula is C23H15Br2N3O2. The number of benzene rings is 3. The van der Waals surface area contributed by atoms with Crippen LogP contribution < -0.4 is 10.6 Å². The van der Waals surface area contributed by atoms with Crippen LogP contribution in [0, 0.1) is 0 Å². The van der Waals surface area contributed by atoms with Gasteiger partial charge in [-0.25, -0.2) is 4.98 Å². The smallest absolute Gasteiger partial charge is 0.256 e. The Morgan fingerprint density at radius 2 is 1.33 bits per heavy atom. The van der Waals surface area contributed by atoms with Gasteiger partial charge in [0.15, 0.2) is 5.82 Å². The Labute approximate surface area is 189 Å². The van der Waals surface area contributed by atoms with Crippen molar-refractivity contribution in [2.45, 2.75) is 0 Å². The predicted octanol–water partition coefficient (Wildman–Crippen LogP) is 6.26. The van der Waals surface area contributed by atoms with Crippen LogP contribution >= 0.6 is 31.9 Å². The largest absolute Gasteiger partial charge is 0.318 e. The SMILES string of the molecule is O=C(Nc1ncc2ccccc2c1NC(=O)c1cccc(Br)c1)c1cccc(Br)c1. The number of aromatic nitrogens is 1. The molecular weight excluding hydrogens is 510 g/mol. The molecule has 0 saturated heterocycles. The summed E-state index contributed by atoms with van der Waals surface area (Å²) in [7, 11) is 0. The van der Waals surface area contributed by atoms with Crippen molar-refractivity contribution >= 4 is 66.0 Å². The third kappa shape index (κ3) is 4.42. The predicted molar refractivity (Wildman–Crippen MR) is 126 cm³/mol. The molecule has 0 atom stereocenters. The van der Waals surface area contributed by atoms with Crippen molar-refractivity contribution in [1.29, 1.82) is 0 Å². The Hall–Kier alpha value is -3.03. The highest BCUT2D eigenvalue weighted by atomic mass is 79.9. The summed E-state index contributed by atoms with van der Waals surface area (Å²) < 4.78 is 1.60. The number of amides is 2. The van der Waals surface area contributed by atoms with Crippen LogP contribution in [0.25, 0.3) is 10.8 Å². The average Bonchev–Trinajstić information content (AvgIpc) is 2.75. The number of nitrogens with one attached hydrogen (secondary N) is 2. The molecule has 0 bridgehead atoms. The highest BCUT2D eigenvalue weighted by Crippen LogP contribution is 2.30. The first-order valence-corrected chi connectivity index (χ1v) is 10.6. The Morgan fingerprint density at radius 1 is 0.733 bits per heavy atom. The molecule has 4 rings (SSSR count). The van der Waals surface area contributed by atoms with Gasteiger partial charge in [-0.3, -0.25) is 9.59 Å². The van der Waals surface area contributed by atoms with E-state index in [0.29, 0.717) is 16.8 Å². The number of carbonyl (C=O) groups is 2. The van der Waals surface area contributed by atoms with Gasteiger partial charge in [0.25, 0.3) is 11.8 Å². The zero-order valence-corrected chi connectivity index (χ0v) is 18.7. The number of fused-ring (bicyclic) bond motifs is 1. The van der Waals surface area contributed by atoms with E-state index in [4.69, 9.17) is 0 Å². The van der Waals surface area contributed by atoms with Crippen molar-refractivity contribution in [3.8, 4) is 0 Å². The van der Waals surface area contributed by atoms with E-state index in [9.17, 15) is 9.59 Å². The molecule has 30 heavy (non-hydrogen) atoms. The Balaban J connectivity index is 1.73. The third-order valence-corrected chi connectivity index (χ3v) is 5.43. The van der Waals surface area contributed by atoms with Gasteiger partial charge < -0.3 is 10.6 Å². The molecule has 0 spiro atoms. The fourth-order valence-electron chi connectivity index (χ4n) is 3.01. The highest BCUT2D eigenvalue weighted by Gasteiger charge is 2.17. The summed E-state index contributed by atoms with van der Waals surface area (Å²) in [5.41, 5.74) is 1.41. The first-order chi connectivity index (χ1) is 14.5. The molecule has 1 heterocycles. The summed E-state index contributed by atoms with van der Waals surface area (Å²) in [6.07, 6.45) is 1.67. The lowest BCUT2D eigenvalue weighted by Gasteiger charge is -2.14. The van der Waals surface area contributed by atoms with E-state index in [1.54, 1.807) is 42.6 Å². The Kier molecular flexibility index (Phi) is 5.92. The van der Waals surface area contributed by atoms with E-state index < -0.39 is 0 Å². The van der Waals surface area contributed by atoms with Gasteiger partial charge in [-0.2, -0.15) is 0 Å². The van der Waals surface area contributed by atoms with E-state index in [2.05, 4.69) is 47.5 Å². The molecule has 2 N–H and O–H groups in total. The number of hydrogen-bond acceptors (Lipinski definition) is 3. The van der Waals surface area contributed by atoms with E-state index in [0.717, 1.165) is 19.7 Å². The molecule has 5 nitrogen and oxygen atoms in total. The van der Waals surface area contributed by atoms with E-state index in [1.807, 2.05) is 36.4 Å². The van der Waals surface area contributed by atoms with Gasteiger partial charge in [-0.1, -0.05) is 68.3 Å². The molecule has 0 saturated carbocycles. The van der Waals surface area contributed by atoms with Crippen molar-refractivity contribution in [2.24, 2.45) is 0 Å². The van der Waals surface area contributed by atoms with Crippen molar-refractivity contribution in [3.05, 3.63) is 99.1 Å². The van der Waals surface area contributed by atoms with Gasteiger partial charge in [0.2, 0.25) is 0 Å². The second-order valence-electron chi connectivity index (χ2n) is 6.50. The molecule has 2 amide bonds. The zero-order valence-electron chi connectivity index (χ0n) is 15.5. The summed E-state index contributed by atoms with van der Waals surface area (Å²) in [6.45, 7) is 0. The second kappa shape index (κ2) is 8.77. The van der Waals surface area contributed by atoms with Crippen LogP contribution in [0.1, 0.15) is 20.7 Å². The number of nitrogens with zero attached hydrogens (tertiary/aromatic N) is 1. The number of hydrogen-bond donors (Lipinski definition) is 2. The van der Waals surface area contributed by atoms with Crippen LogP contribution in [0.5, 0.6) is 0 Å². The van der Waals surface area contributed by atoms with E-state index in [-0.39, 0.29) is 17.6 Å². The normalized spacial score (nSPS) is 10.6.